The summed E-state index contributed by atoms with van der Waals surface area (Å²) in [6.45, 7) is 11.2. The van der Waals surface area contributed by atoms with Crippen molar-refractivity contribution in [1.82, 2.24) is 0 Å². The van der Waals surface area contributed by atoms with Crippen molar-refractivity contribution in [1.29, 1.82) is 0 Å². The molecule has 1 fully saturated rings. The Morgan fingerprint density at radius 3 is 2.15 bits per heavy atom. The van der Waals surface area contributed by atoms with Gasteiger partial charge in [-0.15, -0.1) is 0 Å². The van der Waals surface area contributed by atoms with Crippen LogP contribution in [-0.2, 0) is 22.8 Å². The Kier molecular flexibility index (Phi) is 8.59. The summed E-state index contributed by atoms with van der Waals surface area (Å²) in [6, 6.07) is 0. The van der Waals surface area contributed by atoms with Crippen LogP contribution in [0, 0.1) is 0 Å². The molecule has 2 unspecified atom stereocenters. The van der Waals surface area contributed by atoms with Crippen molar-refractivity contribution in [2.24, 2.45) is 0 Å². The summed E-state index contributed by atoms with van der Waals surface area (Å²) in [5, 5.41) is 0. The van der Waals surface area contributed by atoms with Crippen molar-refractivity contribution in [2.45, 2.75) is 46.3 Å². The van der Waals surface area contributed by atoms with E-state index in [1.807, 2.05) is 32.5 Å². The summed E-state index contributed by atoms with van der Waals surface area (Å²) in [7, 11) is -2.66. The minimum Gasteiger partial charge on any atom is -0.375 e. The average Bonchev–Trinajstić information content (AvgIpc) is 3.21. The quantitative estimate of drug-likeness (QED) is 0.409. The van der Waals surface area contributed by atoms with Crippen LogP contribution in [0.1, 0.15) is 34.1 Å². The van der Waals surface area contributed by atoms with Crippen molar-refractivity contribution >= 4 is 8.80 Å². The predicted octanol–water partition coefficient (Wildman–Crippen LogP) is 2.32. The number of rotatable bonds is 12. The molecule has 0 N–H and O–H groups in total. The Morgan fingerprint density at radius 1 is 1.15 bits per heavy atom. The molecular weight excluding hydrogens is 276 g/mol. The summed E-state index contributed by atoms with van der Waals surface area (Å²) in [5.41, 5.74) is 1.97. The molecule has 0 aromatic carbocycles. The van der Waals surface area contributed by atoms with Crippen LogP contribution >= 0.6 is 0 Å². The number of epoxide rings is 1. The van der Waals surface area contributed by atoms with Crippen LogP contribution in [0.3, 0.4) is 0 Å². The van der Waals surface area contributed by atoms with Gasteiger partial charge in [-0.3, -0.25) is 0 Å². The van der Waals surface area contributed by atoms with Gasteiger partial charge in [0.05, 0.1) is 19.3 Å². The van der Waals surface area contributed by atoms with E-state index in [-0.39, 0.29) is 6.10 Å². The van der Waals surface area contributed by atoms with Gasteiger partial charge in [0.2, 0.25) is 0 Å². The van der Waals surface area contributed by atoms with Crippen molar-refractivity contribution in [2.75, 3.05) is 33.0 Å². The molecule has 0 aromatic rings. The minimum atomic E-state index is -2.66. The van der Waals surface area contributed by atoms with E-state index in [2.05, 4.69) is 6.92 Å². The Morgan fingerprint density at radius 2 is 1.70 bits per heavy atom. The van der Waals surface area contributed by atoms with Gasteiger partial charge in [0, 0.05) is 19.8 Å². The van der Waals surface area contributed by atoms with E-state index in [0.29, 0.717) is 32.5 Å². The van der Waals surface area contributed by atoms with Gasteiger partial charge in [0.15, 0.2) is 0 Å². The summed E-state index contributed by atoms with van der Waals surface area (Å²) in [4.78, 5) is 0. The van der Waals surface area contributed by atoms with E-state index in [0.717, 1.165) is 13.0 Å². The SMILES string of the molecule is CCO[Si](/C=C/CC(C)OCC1CO1)(OCC)OCC. The van der Waals surface area contributed by atoms with E-state index in [4.69, 9.17) is 22.8 Å². The van der Waals surface area contributed by atoms with Gasteiger partial charge in [-0.25, -0.2) is 0 Å². The number of ether oxygens (including phenoxy) is 2. The molecule has 2 atom stereocenters. The first kappa shape index (κ1) is 17.8. The van der Waals surface area contributed by atoms with Crippen LogP contribution in [0.4, 0.5) is 0 Å². The highest BCUT2D eigenvalue weighted by Gasteiger charge is 2.37. The first-order valence-electron chi connectivity index (χ1n) is 7.48. The Labute approximate surface area is 123 Å². The van der Waals surface area contributed by atoms with Crippen molar-refractivity contribution in [3.05, 3.63) is 11.8 Å². The normalized spacial score (nSPS) is 20.5. The lowest BCUT2D eigenvalue weighted by Crippen LogP contribution is -2.44. The summed E-state index contributed by atoms with van der Waals surface area (Å²) < 4.78 is 28.0. The van der Waals surface area contributed by atoms with Crippen molar-refractivity contribution in [3.8, 4) is 0 Å². The second-order valence-corrected chi connectivity index (χ2v) is 7.05. The zero-order chi connectivity index (χ0) is 14.8. The van der Waals surface area contributed by atoms with Gasteiger partial charge in [0.1, 0.15) is 6.10 Å². The predicted molar refractivity (Wildman–Crippen MR) is 79.5 cm³/mol. The number of hydrogen-bond acceptors (Lipinski definition) is 5. The minimum absolute atomic E-state index is 0.159. The molecular formula is C14H28O5Si. The molecule has 1 heterocycles. The molecule has 0 aliphatic carbocycles. The fraction of sp³-hybridized carbons (Fsp3) is 0.857. The van der Waals surface area contributed by atoms with E-state index in [1.54, 1.807) is 0 Å². The molecule has 1 saturated heterocycles. The van der Waals surface area contributed by atoms with Gasteiger partial charge < -0.3 is 22.8 Å². The maximum atomic E-state index is 5.75. The third kappa shape index (κ3) is 6.96. The summed E-state index contributed by atoms with van der Waals surface area (Å²) in [5.74, 6) is 0. The molecule has 1 aliphatic rings. The Balaban J connectivity index is 2.41. The Bertz CT molecular complexity index is 264. The fourth-order valence-electron chi connectivity index (χ4n) is 1.78. The zero-order valence-electron chi connectivity index (χ0n) is 13.1. The van der Waals surface area contributed by atoms with E-state index in [9.17, 15) is 0 Å². The van der Waals surface area contributed by atoms with Gasteiger partial charge in [-0.05, 0) is 39.8 Å². The second-order valence-electron chi connectivity index (χ2n) is 4.64. The van der Waals surface area contributed by atoms with E-state index in [1.165, 1.54) is 0 Å². The summed E-state index contributed by atoms with van der Waals surface area (Å²) in [6.07, 6.45) is 3.33. The van der Waals surface area contributed by atoms with Gasteiger partial charge in [-0.2, -0.15) is 0 Å². The third-order valence-electron chi connectivity index (χ3n) is 2.80. The fourth-order valence-corrected chi connectivity index (χ4v) is 3.95. The third-order valence-corrected chi connectivity index (χ3v) is 5.51. The lowest BCUT2D eigenvalue weighted by atomic mass is 10.3. The monoisotopic (exact) mass is 304 g/mol. The molecule has 5 nitrogen and oxygen atoms in total. The molecule has 1 aliphatic heterocycles. The molecule has 1 rings (SSSR count). The van der Waals surface area contributed by atoms with Crippen LogP contribution in [0.2, 0.25) is 0 Å². The number of hydrogen-bond donors (Lipinski definition) is 0. The first-order chi connectivity index (χ1) is 9.65. The maximum Gasteiger partial charge on any atom is 0.529 e. The second kappa shape index (κ2) is 9.65. The van der Waals surface area contributed by atoms with Gasteiger partial charge in [-0.1, -0.05) is 6.08 Å². The molecule has 0 saturated carbocycles. The first-order valence-corrected chi connectivity index (χ1v) is 9.28. The van der Waals surface area contributed by atoms with Crippen LogP contribution in [0.5, 0.6) is 0 Å². The Hall–Kier alpha value is -0.243. The van der Waals surface area contributed by atoms with E-state index >= 15 is 0 Å². The largest absolute Gasteiger partial charge is 0.529 e. The standard InChI is InChI=1S/C14H28O5Si/c1-5-17-20(18-6-2,19-7-3)10-8-9-13(4)15-11-14-12-16-14/h8,10,13-14H,5-7,9,11-12H2,1-4H3/b10-8+. The van der Waals surface area contributed by atoms with Gasteiger partial charge in [0.25, 0.3) is 0 Å². The highest BCUT2D eigenvalue weighted by Crippen LogP contribution is 2.14. The maximum absolute atomic E-state index is 5.75. The van der Waals surface area contributed by atoms with Gasteiger partial charge >= 0.3 is 8.80 Å². The summed E-state index contributed by atoms with van der Waals surface area (Å²) >= 11 is 0. The molecule has 0 radical (unpaired) electrons. The van der Waals surface area contributed by atoms with Crippen molar-refractivity contribution < 1.29 is 22.8 Å². The molecule has 118 valence electrons. The zero-order valence-corrected chi connectivity index (χ0v) is 14.1. The lowest BCUT2D eigenvalue weighted by Gasteiger charge is -2.25. The highest BCUT2D eigenvalue weighted by atomic mass is 28.4. The molecule has 20 heavy (non-hydrogen) atoms. The molecule has 0 aromatic heterocycles. The molecule has 0 spiro atoms. The van der Waals surface area contributed by atoms with E-state index < -0.39 is 8.80 Å². The lowest BCUT2D eigenvalue weighted by molar-refractivity contribution is 0.0561. The van der Waals surface area contributed by atoms with Crippen LogP contribution in [0.25, 0.3) is 0 Å². The average molecular weight is 304 g/mol. The highest BCUT2D eigenvalue weighted by molar-refractivity contribution is 6.66. The molecule has 0 bridgehead atoms. The topological polar surface area (TPSA) is 49.5 Å². The van der Waals surface area contributed by atoms with Crippen LogP contribution in [0.15, 0.2) is 11.8 Å². The molecule has 6 heteroatoms. The smallest absolute Gasteiger partial charge is 0.375 e. The van der Waals surface area contributed by atoms with Crippen LogP contribution < -0.4 is 0 Å². The van der Waals surface area contributed by atoms with Crippen molar-refractivity contribution in [3.63, 3.8) is 0 Å². The van der Waals surface area contributed by atoms with Crippen LogP contribution in [-0.4, -0.2) is 54.0 Å². The molecule has 0 amide bonds.